The average Bonchev–Trinajstić information content (AvgIpc) is 2.95. The van der Waals surface area contributed by atoms with Crippen LogP contribution in [0.25, 0.3) is 11.0 Å². The lowest BCUT2D eigenvalue weighted by molar-refractivity contribution is -0.121. The number of aryl methyl sites for hydroxylation is 1. The molecular formula is C17H28Cl2N4O. The molecule has 0 atom stereocenters. The number of carbonyl (C=O) groups is 1. The van der Waals surface area contributed by atoms with Gasteiger partial charge in [0.1, 0.15) is 0 Å². The number of carbonyl (C=O) groups excluding carboxylic acids is 1. The predicted octanol–water partition coefficient (Wildman–Crippen LogP) is 3.30. The highest BCUT2D eigenvalue weighted by atomic mass is 35.5. The highest BCUT2D eigenvalue weighted by Gasteiger charge is 2.02. The Kier molecular flexibility index (Phi) is 12.3. The van der Waals surface area contributed by atoms with Crippen LogP contribution >= 0.6 is 24.8 Å². The number of hydrogen-bond acceptors (Lipinski definition) is 3. The van der Waals surface area contributed by atoms with Crippen molar-refractivity contribution in [2.24, 2.45) is 5.73 Å². The van der Waals surface area contributed by atoms with Gasteiger partial charge in [-0.05, 0) is 37.9 Å². The number of rotatable bonds is 10. The maximum atomic E-state index is 11.7. The van der Waals surface area contributed by atoms with Crippen molar-refractivity contribution >= 4 is 41.8 Å². The number of amides is 1. The summed E-state index contributed by atoms with van der Waals surface area (Å²) in [7, 11) is 0. The monoisotopic (exact) mass is 374 g/mol. The van der Waals surface area contributed by atoms with Gasteiger partial charge in [0, 0.05) is 19.5 Å². The molecule has 0 fully saturated rings. The Labute approximate surface area is 156 Å². The van der Waals surface area contributed by atoms with E-state index in [9.17, 15) is 4.79 Å². The summed E-state index contributed by atoms with van der Waals surface area (Å²) in [5, 5.41) is 2.99. The van der Waals surface area contributed by atoms with Crippen LogP contribution in [0.15, 0.2) is 30.6 Å². The van der Waals surface area contributed by atoms with Gasteiger partial charge in [0.25, 0.3) is 0 Å². The van der Waals surface area contributed by atoms with Crippen LogP contribution in [0.2, 0.25) is 0 Å². The highest BCUT2D eigenvalue weighted by Crippen LogP contribution is 2.11. The molecule has 2 rings (SSSR count). The molecule has 1 aromatic heterocycles. The van der Waals surface area contributed by atoms with E-state index in [0.717, 1.165) is 56.2 Å². The van der Waals surface area contributed by atoms with Gasteiger partial charge in [-0.3, -0.25) is 4.79 Å². The van der Waals surface area contributed by atoms with Crippen LogP contribution in [-0.2, 0) is 11.3 Å². The standard InChI is InChI=1S/C17H26N4O.2ClH/c18-11-6-2-1-3-10-17(22)19-12-7-13-21-14-20-15-8-4-5-9-16(15)21;;/h4-5,8-9,14H,1-3,6-7,10-13,18H2,(H,19,22);2*1H. The van der Waals surface area contributed by atoms with Gasteiger partial charge >= 0.3 is 0 Å². The first-order valence-electron chi connectivity index (χ1n) is 8.18. The fraction of sp³-hybridized carbons (Fsp3) is 0.529. The third kappa shape index (κ3) is 7.51. The van der Waals surface area contributed by atoms with E-state index in [2.05, 4.69) is 20.9 Å². The van der Waals surface area contributed by atoms with Gasteiger partial charge in [0.05, 0.1) is 17.4 Å². The van der Waals surface area contributed by atoms with E-state index in [1.165, 1.54) is 0 Å². The Bertz CT molecular complexity index is 589. The molecule has 0 unspecified atom stereocenters. The topological polar surface area (TPSA) is 72.9 Å². The number of halogens is 2. The third-order valence-corrected chi connectivity index (χ3v) is 3.78. The summed E-state index contributed by atoms with van der Waals surface area (Å²) in [4.78, 5) is 16.1. The molecule has 1 heterocycles. The lowest BCUT2D eigenvalue weighted by Gasteiger charge is -2.07. The molecule has 0 saturated heterocycles. The molecular weight excluding hydrogens is 347 g/mol. The molecule has 0 radical (unpaired) electrons. The Morgan fingerprint density at radius 2 is 1.83 bits per heavy atom. The van der Waals surface area contributed by atoms with Crippen molar-refractivity contribution in [2.75, 3.05) is 13.1 Å². The van der Waals surface area contributed by atoms with Crippen molar-refractivity contribution in [2.45, 2.75) is 45.1 Å². The molecule has 0 aliphatic rings. The van der Waals surface area contributed by atoms with Gasteiger partial charge < -0.3 is 15.6 Å². The first kappa shape index (κ1) is 22.7. The highest BCUT2D eigenvalue weighted by molar-refractivity contribution is 5.85. The van der Waals surface area contributed by atoms with Crippen molar-refractivity contribution in [1.29, 1.82) is 0 Å². The zero-order valence-electron chi connectivity index (χ0n) is 13.9. The zero-order valence-corrected chi connectivity index (χ0v) is 15.6. The molecule has 0 saturated carbocycles. The fourth-order valence-corrected chi connectivity index (χ4v) is 2.54. The Morgan fingerprint density at radius 1 is 1.08 bits per heavy atom. The molecule has 0 aliphatic heterocycles. The van der Waals surface area contributed by atoms with Crippen LogP contribution in [0.5, 0.6) is 0 Å². The summed E-state index contributed by atoms with van der Waals surface area (Å²) in [6.07, 6.45) is 7.63. The number of aromatic nitrogens is 2. The maximum Gasteiger partial charge on any atom is 0.219 e. The molecule has 2 aromatic rings. The number of fused-ring (bicyclic) bond motifs is 1. The number of nitrogens with one attached hydrogen (secondary N) is 1. The molecule has 0 bridgehead atoms. The van der Waals surface area contributed by atoms with E-state index in [1.807, 2.05) is 24.5 Å². The minimum atomic E-state index is 0. The molecule has 0 spiro atoms. The predicted molar refractivity (Wildman–Crippen MR) is 104 cm³/mol. The maximum absolute atomic E-state index is 11.7. The number of para-hydroxylation sites is 2. The second kappa shape index (κ2) is 13.0. The van der Waals surface area contributed by atoms with Crippen LogP contribution in [0.1, 0.15) is 38.5 Å². The number of imidazole rings is 1. The van der Waals surface area contributed by atoms with E-state index in [-0.39, 0.29) is 30.7 Å². The Morgan fingerprint density at radius 3 is 2.62 bits per heavy atom. The number of benzene rings is 1. The lowest BCUT2D eigenvalue weighted by atomic mass is 10.1. The summed E-state index contributed by atoms with van der Waals surface area (Å²) in [6.45, 7) is 2.33. The van der Waals surface area contributed by atoms with Crippen LogP contribution in [0.4, 0.5) is 0 Å². The van der Waals surface area contributed by atoms with Crippen LogP contribution in [-0.4, -0.2) is 28.5 Å². The molecule has 5 nitrogen and oxygen atoms in total. The number of nitrogens with two attached hydrogens (primary N) is 1. The van der Waals surface area contributed by atoms with Crippen molar-refractivity contribution in [3.63, 3.8) is 0 Å². The van der Waals surface area contributed by atoms with Gasteiger partial charge in [0.2, 0.25) is 5.91 Å². The van der Waals surface area contributed by atoms with E-state index < -0.39 is 0 Å². The van der Waals surface area contributed by atoms with Crippen LogP contribution in [0, 0.1) is 0 Å². The summed E-state index contributed by atoms with van der Waals surface area (Å²) in [5.74, 6) is 0.156. The van der Waals surface area contributed by atoms with Gasteiger partial charge in [-0.2, -0.15) is 0 Å². The normalized spacial score (nSPS) is 10.0. The minimum Gasteiger partial charge on any atom is -0.356 e. The fourth-order valence-electron chi connectivity index (χ4n) is 2.54. The molecule has 24 heavy (non-hydrogen) atoms. The van der Waals surface area contributed by atoms with Crippen LogP contribution in [0.3, 0.4) is 0 Å². The Hall–Kier alpha value is -1.30. The van der Waals surface area contributed by atoms with E-state index in [1.54, 1.807) is 0 Å². The smallest absolute Gasteiger partial charge is 0.219 e. The van der Waals surface area contributed by atoms with Gasteiger partial charge in [0.15, 0.2) is 0 Å². The number of unbranched alkanes of at least 4 members (excludes halogenated alkanes) is 3. The van der Waals surface area contributed by atoms with Crippen LogP contribution < -0.4 is 11.1 Å². The summed E-state index contributed by atoms with van der Waals surface area (Å²) in [5.41, 5.74) is 7.61. The van der Waals surface area contributed by atoms with Crippen molar-refractivity contribution in [3.05, 3.63) is 30.6 Å². The summed E-state index contributed by atoms with van der Waals surface area (Å²) in [6, 6.07) is 8.10. The largest absolute Gasteiger partial charge is 0.356 e. The van der Waals surface area contributed by atoms with Crippen molar-refractivity contribution < 1.29 is 4.79 Å². The first-order chi connectivity index (χ1) is 10.8. The zero-order chi connectivity index (χ0) is 15.6. The molecule has 7 heteroatoms. The van der Waals surface area contributed by atoms with Crippen molar-refractivity contribution in [1.82, 2.24) is 14.9 Å². The third-order valence-electron chi connectivity index (χ3n) is 3.78. The molecule has 3 N–H and O–H groups in total. The van der Waals surface area contributed by atoms with Crippen molar-refractivity contribution in [3.8, 4) is 0 Å². The van der Waals surface area contributed by atoms with E-state index in [0.29, 0.717) is 13.0 Å². The number of hydrogen-bond donors (Lipinski definition) is 2. The summed E-state index contributed by atoms with van der Waals surface area (Å²) < 4.78 is 2.13. The van der Waals surface area contributed by atoms with Gasteiger partial charge in [-0.25, -0.2) is 4.98 Å². The second-order valence-electron chi connectivity index (χ2n) is 5.58. The molecule has 136 valence electrons. The summed E-state index contributed by atoms with van der Waals surface area (Å²) >= 11 is 0. The lowest BCUT2D eigenvalue weighted by Crippen LogP contribution is -2.24. The molecule has 1 amide bonds. The first-order valence-corrected chi connectivity index (χ1v) is 8.18. The SMILES string of the molecule is Cl.Cl.NCCCCCCC(=O)NCCCn1cnc2ccccc21. The van der Waals surface area contributed by atoms with E-state index in [4.69, 9.17) is 5.73 Å². The van der Waals surface area contributed by atoms with Gasteiger partial charge in [-0.15, -0.1) is 24.8 Å². The van der Waals surface area contributed by atoms with Gasteiger partial charge in [-0.1, -0.05) is 25.0 Å². The minimum absolute atomic E-state index is 0. The number of nitrogens with zero attached hydrogens (tertiary/aromatic N) is 2. The quantitative estimate of drug-likeness (QED) is 0.626. The second-order valence-corrected chi connectivity index (χ2v) is 5.58. The average molecular weight is 375 g/mol. The molecule has 0 aliphatic carbocycles. The Balaban J connectivity index is 0.00000264. The molecule has 1 aromatic carbocycles. The van der Waals surface area contributed by atoms with E-state index >= 15 is 0 Å².